The third-order valence-electron chi connectivity index (χ3n) is 12.7. The van der Waals surface area contributed by atoms with E-state index in [-0.39, 0.29) is 88.4 Å². The molecule has 0 bridgehead atoms. The number of imide groups is 1. The number of aliphatic hydroxyl groups is 4. The Morgan fingerprint density at radius 3 is 2.15 bits per heavy atom. The number of nitrogens with zero attached hydrogens (tertiary/aromatic N) is 3. The number of carboxylic acids is 1. The number of ether oxygens (including phenoxy) is 3. The van der Waals surface area contributed by atoms with Crippen molar-refractivity contribution in [2.75, 3.05) is 46.2 Å². The molecule has 5 aliphatic rings. The summed E-state index contributed by atoms with van der Waals surface area (Å²) < 4.78 is 30.4. The van der Waals surface area contributed by atoms with Crippen LogP contribution in [0.4, 0.5) is 4.39 Å². The summed E-state index contributed by atoms with van der Waals surface area (Å²) in [6.45, 7) is 8.21. The maximum Gasteiger partial charge on any atom is 0.340 e. The number of nitrogens with two attached hydrogens (primary N) is 2. The van der Waals surface area contributed by atoms with Gasteiger partial charge in [0.1, 0.15) is 38.3 Å². The van der Waals surface area contributed by atoms with Crippen molar-refractivity contribution >= 4 is 70.1 Å². The third-order valence-corrected chi connectivity index (χ3v) is 12.7. The van der Waals surface area contributed by atoms with Crippen LogP contribution in [-0.4, -0.2) is 170 Å². The Balaban J connectivity index is 0.000000244. The maximum absolute atomic E-state index is 14.5. The number of benzene rings is 1. The molecule has 1 saturated heterocycles. The summed E-state index contributed by atoms with van der Waals surface area (Å²) >= 11 is 0. The van der Waals surface area contributed by atoms with Crippen LogP contribution in [-0.2, 0) is 88.1 Å². The number of amides is 8. The second kappa shape index (κ2) is 30.5. The number of aliphatic carboxylic acids is 1. The lowest BCUT2D eigenvalue weighted by Gasteiger charge is -2.27. The molecule has 442 valence electrons. The minimum Gasteiger partial charge on any atom is -0.479 e. The largest absolute Gasteiger partial charge is 0.479 e. The molecule has 8 amide bonds. The number of rotatable bonds is 17. The molecular formula is C52H68FN9O19. The number of halogens is 1. The van der Waals surface area contributed by atoms with Gasteiger partial charge in [-0.05, 0) is 54.9 Å². The van der Waals surface area contributed by atoms with E-state index in [9.17, 15) is 62.2 Å². The average Bonchev–Trinajstić information content (AvgIpc) is 3.96. The van der Waals surface area contributed by atoms with Crippen LogP contribution in [0.15, 0.2) is 29.1 Å². The van der Waals surface area contributed by atoms with E-state index < -0.39 is 96.2 Å². The van der Waals surface area contributed by atoms with Crippen molar-refractivity contribution in [2.24, 2.45) is 17.4 Å². The van der Waals surface area contributed by atoms with Crippen molar-refractivity contribution in [3.63, 3.8) is 0 Å². The second-order valence-corrected chi connectivity index (χ2v) is 18.7. The van der Waals surface area contributed by atoms with Crippen molar-refractivity contribution in [1.82, 2.24) is 35.7 Å². The van der Waals surface area contributed by atoms with Gasteiger partial charge in [-0.1, -0.05) is 27.7 Å². The van der Waals surface area contributed by atoms with Crippen LogP contribution in [0.3, 0.4) is 0 Å². The van der Waals surface area contributed by atoms with Crippen molar-refractivity contribution in [2.45, 2.75) is 117 Å². The van der Waals surface area contributed by atoms with E-state index in [2.05, 4.69) is 30.7 Å². The normalized spacial score (nSPS) is 18.3. The Morgan fingerprint density at radius 1 is 0.877 bits per heavy atom. The minimum atomic E-state index is -1.48. The van der Waals surface area contributed by atoms with Gasteiger partial charge in [0.15, 0.2) is 12.2 Å². The zero-order valence-electron chi connectivity index (χ0n) is 45.2. The summed E-state index contributed by atoms with van der Waals surface area (Å²) in [4.78, 5) is 130. The number of aromatic nitrogens is 2. The fraction of sp³-hybridized carbons (Fsp3) is 0.500. The SMILES string of the molecule is CC.CC(C)C(NC(=O)CCNC(=O)CN1C(=O)C=CC1=O)C(N)=O.Cc1c(F)cc2nc3c(c4c2c1CCC4)Cn1c-3cc2c(c1=O)COC(=O)C2O.NC(=O)COCNC(=O)CNC(=O)CCO.O=C(O)[C@H]1OCC(O)CC1O. The van der Waals surface area contributed by atoms with Gasteiger partial charge in [-0.3, -0.25) is 48.1 Å². The van der Waals surface area contributed by atoms with Gasteiger partial charge in [0.05, 0.1) is 61.0 Å². The predicted molar refractivity (Wildman–Crippen MR) is 280 cm³/mol. The lowest BCUT2D eigenvalue weighted by atomic mass is 9.85. The van der Waals surface area contributed by atoms with Gasteiger partial charge >= 0.3 is 11.9 Å². The third kappa shape index (κ3) is 17.5. The molecule has 29 heteroatoms. The number of aliphatic hydroxyl groups excluding tert-OH is 4. The van der Waals surface area contributed by atoms with Crippen molar-refractivity contribution < 1.29 is 92.1 Å². The number of primary amides is 2. The number of esters is 1. The number of cyclic esters (lactones) is 1. The molecule has 2 aromatic heterocycles. The monoisotopic (exact) mass is 1140 g/mol. The number of carboxylic acid groups (broad SMARTS) is 1. The summed E-state index contributed by atoms with van der Waals surface area (Å²) in [5.41, 5.74) is 15.8. The van der Waals surface area contributed by atoms with E-state index in [1.54, 1.807) is 31.4 Å². The Hall–Kier alpha value is -8.09. The van der Waals surface area contributed by atoms with Crippen LogP contribution in [0.1, 0.15) is 92.9 Å². The number of carbonyl (C=O) groups is 10. The van der Waals surface area contributed by atoms with E-state index in [0.29, 0.717) is 34.6 Å². The number of pyridine rings is 2. The van der Waals surface area contributed by atoms with Gasteiger partial charge in [0.25, 0.3) is 17.4 Å². The maximum atomic E-state index is 14.5. The number of aryl methyl sites for hydroxylation is 2. The Kier molecular flexibility index (Phi) is 24.6. The van der Waals surface area contributed by atoms with Gasteiger partial charge in [0.2, 0.25) is 35.4 Å². The van der Waals surface area contributed by atoms with Gasteiger partial charge in [-0.2, -0.15) is 0 Å². The first-order valence-corrected chi connectivity index (χ1v) is 25.7. The van der Waals surface area contributed by atoms with Gasteiger partial charge in [0, 0.05) is 60.5 Å². The van der Waals surface area contributed by atoms with Crippen LogP contribution in [0.5, 0.6) is 0 Å². The smallest absolute Gasteiger partial charge is 0.340 e. The molecule has 3 aromatic rings. The minimum absolute atomic E-state index is 0.0118. The highest BCUT2D eigenvalue weighted by atomic mass is 19.1. The first kappa shape index (κ1) is 65.4. The number of fused-ring (bicyclic) bond motifs is 5. The Morgan fingerprint density at radius 2 is 1.54 bits per heavy atom. The second-order valence-electron chi connectivity index (χ2n) is 18.7. The Labute approximate surface area is 462 Å². The molecule has 8 rings (SSSR count). The summed E-state index contributed by atoms with van der Waals surface area (Å²) in [6, 6.07) is 2.35. The van der Waals surface area contributed by atoms with Crippen molar-refractivity contribution in [3.05, 3.63) is 73.8 Å². The molecule has 4 unspecified atom stereocenters. The highest BCUT2D eigenvalue weighted by Crippen LogP contribution is 2.42. The molecule has 4 aliphatic heterocycles. The molecular weight excluding hydrogens is 1070 g/mol. The molecule has 81 heavy (non-hydrogen) atoms. The summed E-state index contributed by atoms with van der Waals surface area (Å²) in [6.07, 6.45) is 0.211. The molecule has 0 spiro atoms. The summed E-state index contributed by atoms with van der Waals surface area (Å²) in [5.74, 6) is -6.61. The number of carbonyl (C=O) groups excluding carboxylic acids is 9. The highest BCUT2D eigenvalue weighted by Gasteiger charge is 2.37. The van der Waals surface area contributed by atoms with Gasteiger partial charge < -0.3 is 77.0 Å². The molecule has 6 heterocycles. The molecule has 0 saturated carbocycles. The molecule has 13 N–H and O–H groups in total. The van der Waals surface area contributed by atoms with Gasteiger partial charge in [-0.15, -0.1) is 0 Å². The molecule has 1 fully saturated rings. The van der Waals surface area contributed by atoms with Crippen molar-refractivity contribution in [1.29, 1.82) is 0 Å². The van der Waals surface area contributed by atoms with Crippen molar-refractivity contribution in [3.8, 4) is 11.4 Å². The molecule has 1 aliphatic carbocycles. The van der Waals surface area contributed by atoms with Crippen LogP contribution in [0.25, 0.3) is 22.3 Å². The zero-order valence-corrected chi connectivity index (χ0v) is 45.2. The van der Waals surface area contributed by atoms with Crippen LogP contribution < -0.4 is 38.3 Å². The van der Waals surface area contributed by atoms with E-state index in [1.807, 2.05) is 13.8 Å². The summed E-state index contributed by atoms with van der Waals surface area (Å²) in [7, 11) is 0. The van der Waals surface area contributed by atoms with Gasteiger partial charge in [-0.25, -0.2) is 19.0 Å². The average molecular weight is 1140 g/mol. The van der Waals surface area contributed by atoms with Crippen LogP contribution >= 0.6 is 0 Å². The number of nitrogens with one attached hydrogen (secondary N) is 4. The standard InChI is InChI=1S/C22H17FN2O4.C14H20N4O5.C8H15N3O5.C6H10O5.C2H6/c1-9-10-3-2-4-11-13-7-25-17(19(13)24-16(18(10)11)6-15(9)23)5-12-14(21(25)27)8-29-22(28)20(12)26;1-8(2)13(14(15)23)17-9(19)5-6-16-10(20)7-18-11(21)3-4-12(18)22;9-6(13)4-16-5-11-8(15)3-10-7(14)1-2-12;7-3-1-4(8)5(6(9)10)11-2-3;1-2/h5-6,20,26H,2-4,7-8H2,1H3;3-4,8,13H,5-7H2,1-2H3,(H2,15,23)(H,16,20)(H,17,19);12H,1-5H2,(H2,9,13)(H,10,14)(H,11,15);3-5,7-8H,1-2H2,(H,9,10);1-2H3/t;;;3?,4?,5-;/m...0./s1. The van der Waals surface area contributed by atoms with E-state index in [0.717, 1.165) is 58.4 Å². The quantitative estimate of drug-likeness (QED) is 0.0220. The molecule has 0 radical (unpaired) electrons. The summed E-state index contributed by atoms with van der Waals surface area (Å²) in [5, 5.41) is 55.5. The number of hydrogen-bond acceptors (Lipinski definition) is 19. The molecule has 1 aromatic carbocycles. The van der Waals surface area contributed by atoms with E-state index in [4.69, 9.17) is 41.6 Å². The topological polar surface area (TPSA) is 438 Å². The number of hydrogen-bond donors (Lipinski definition) is 11. The predicted octanol–water partition coefficient (Wildman–Crippen LogP) is -2.84. The molecule has 28 nitrogen and oxygen atoms in total. The highest BCUT2D eigenvalue weighted by molar-refractivity contribution is 6.14. The fourth-order valence-electron chi connectivity index (χ4n) is 8.72. The first-order valence-electron chi connectivity index (χ1n) is 25.7. The zero-order chi connectivity index (χ0) is 60.4. The lowest BCUT2D eigenvalue weighted by molar-refractivity contribution is -0.173. The first-order chi connectivity index (χ1) is 38.3. The van der Waals surface area contributed by atoms with E-state index >= 15 is 0 Å². The lowest BCUT2D eigenvalue weighted by Crippen LogP contribution is -2.48. The Bertz CT molecular complexity index is 2960. The van der Waals surface area contributed by atoms with E-state index in [1.165, 1.54) is 6.07 Å². The molecule has 5 atom stereocenters. The van der Waals surface area contributed by atoms with Crippen LogP contribution in [0, 0.1) is 18.7 Å². The fourth-order valence-corrected chi connectivity index (χ4v) is 8.72. The van der Waals surface area contributed by atoms with Crippen LogP contribution in [0.2, 0.25) is 0 Å².